The molecule has 1 aromatic heterocycles. The molecule has 6 heteroatoms. The largest absolute Gasteiger partial charge is 0.497 e. The zero-order chi connectivity index (χ0) is 15.1. The van der Waals surface area contributed by atoms with Gasteiger partial charge in [0.05, 0.1) is 13.4 Å². The van der Waals surface area contributed by atoms with Crippen molar-refractivity contribution < 1.29 is 18.7 Å². The van der Waals surface area contributed by atoms with E-state index in [0.29, 0.717) is 17.2 Å². The minimum Gasteiger partial charge on any atom is -0.497 e. The first-order valence-corrected chi connectivity index (χ1v) is 6.33. The molecule has 1 amide bonds. The number of hydrogen-bond acceptors (Lipinski definition) is 5. The van der Waals surface area contributed by atoms with Gasteiger partial charge in [0.15, 0.2) is 6.61 Å². The molecule has 0 aliphatic rings. The van der Waals surface area contributed by atoms with Crippen molar-refractivity contribution in [1.82, 2.24) is 5.43 Å². The van der Waals surface area contributed by atoms with E-state index in [2.05, 4.69) is 10.5 Å². The maximum Gasteiger partial charge on any atom is 0.277 e. The SMILES string of the molecule is COc1ccc(OCC(=O)NN=C(C)c2ccco2)cc1. The summed E-state index contributed by atoms with van der Waals surface area (Å²) >= 11 is 0. The number of hydrazone groups is 1. The Morgan fingerprint density at radius 3 is 2.57 bits per heavy atom. The molecule has 0 fully saturated rings. The monoisotopic (exact) mass is 288 g/mol. The molecule has 2 aromatic rings. The van der Waals surface area contributed by atoms with Crippen LogP contribution in [0.4, 0.5) is 0 Å². The van der Waals surface area contributed by atoms with Crippen molar-refractivity contribution >= 4 is 11.6 Å². The lowest BCUT2D eigenvalue weighted by atomic mass is 10.3. The van der Waals surface area contributed by atoms with E-state index in [0.717, 1.165) is 5.75 Å². The molecule has 0 atom stereocenters. The van der Waals surface area contributed by atoms with Gasteiger partial charge < -0.3 is 13.9 Å². The van der Waals surface area contributed by atoms with Gasteiger partial charge in [-0.15, -0.1) is 0 Å². The Bertz CT molecular complexity index is 603. The van der Waals surface area contributed by atoms with Crippen LogP contribution in [0.15, 0.2) is 52.2 Å². The summed E-state index contributed by atoms with van der Waals surface area (Å²) < 4.78 is 15.5. The molecule has 0 spiro atoms. The minimum atomic E-state index is -0.350. The molecule has 0 unspecified atom stereocenters. The number of methoxy groups -OCH3 is 1. The topological polar surface area (TPSA) is 73.1 Å². The average Bonchev–Trinajstić information content (AvgIpc) is 3.05. The van der Waals surface area contributed by atoms with Crippen LogP contribution in [0.1, 0.15) is 12.7 Å². The van der Waals surface area contributed by atoms with Crippen LogP contribution >= 0.6 is 0 Å². The van der Waals surface area contributed by atoms with Gasteiger partial charge in [0.25, 0.3) is 5.91 Å². The van der Waals surface area contributed by atoms with Crippen molar-refractivity contribution in [3.63, 3.8) is 0 Å². The van der Waals surface area contributed by atoms with E-state index in [-0.39, 0.29) is 12.5 Å². The van der Waals surface area contributed by atoms with Gasteiger partial charge in [-0.3, -0.25) is 4.79 Å². The van der Waals surface area contributed by atoms with Crippen LogP contribution in [0.5, 0.6) is 11.5 Å². The van der Waals surface area contributed by atoms with E-state index in [4.69, 9.17) is 13.9 Å². The normalized spacial score (nSPS) is 11.0. The number of amides is 1. The first-order chi connectivity index (χ1) is 10.2. The highest BCUT2D eigenvalue weighted by Crippen LogP contribution is 2.16. The number of benzene rings is 1. The van der Waals surface area contributed by atoms with Gasteiger partial charge in [-0.2, -0.15) is 5.10 Å². The van der Waals surface area contributed by atoms with E-state index in [1.807, 2.05) is 0 Å². The minimum absolute atomic E-state index is 0.124. The van der Waals surface area contributed by atoms with Gasteiger partial charge in [-0.05, 0) is 43.3 Å². The number of ether oxygens (including phenoxy) is 2. The number of nitrogens with one attached hydrogen (secondary N) is 1. The van der Waals surface area contributed by atoms with Crippen molar-refractivity contribution in [2.45, 2.75) is 6.92 Å². The van der Waals surface area contributed by atoms with Crippen LogP contribution in [0.25, 0.3) is 0 Å². The smallest absolute Gasteiger partial charge is 0.277 e. The third-order valence-electron chi connectivity index (χ3n) is 2.66. The van der Waals surface area contributed by atoms with Crippen molar-refractivity contribution in [3.8, 4) is 11.5 Å². The zero-order valence-corrected chi connectivity index (χ0v) is 11.8. The molecule has 6 nitrogen and oxygen atoms in total. The molecule has 0 radical (unpaired) electrons. The van der Waals surface area contributed by atoms with E-state index < -0.39 is 0 Å². The van der Waals surface area contributed by atoms with Crippen molar-refractivity contribution in [2.24, 2.45) is 5.10 Å². The van der Waals surface area contributed by atoms with Gasteiger partial charge in [-0.1, -0.05) is 0 Å². The molecule has 0 aliphatic carbocycles. The Morgan fingerprint density at radius 2 is 1.95 bits per heavy atom. The fourth-order valence-electron chi connectivity index (χ4n) is 1.54. The second-order valence-electron chi connectivity index (χ2n) is 4.17. The van der Waals surface area contributed by atoms with Crippen LogP contribution in [-0.2, 0) is 4.79 Å². The van der Waals surface area contributed by atoms with E-state index in [1.165, 1.54) is 0 Å². The molecule has 1 aromatic carbocycles. The van der Waals surface area contributed by atoms with Crippen molar-refractivity contribution in [3.05, 3.63) is 48.4 Å². The zero-order valence-electron chi connectivity index (χ0n) is 11.8. The van der Waals surface area contributed by atoms with Crippen molar-refractivity contribution in [1.29, 1.82) is 0 Å². The van der Waals surface area contributed by atoms with Crippen LogP contribution in [0, 0.1) is 0 Å². The summed E-state index contributed by atoms with van der Waals surface area (Å²) in [7, 11) is 1.59. The number of rotatable bonds is 6. The summed E-state index contributed by atoms with van der Waals surface area (Å²) in [6.45, 7) is 1.62. The number of carbonyl (C=O) groups excluding carboxylic acids is 1. The summed E-state index contributed by atoms with van der Waals surface area (Å²) in [4.78, 5) is 11.6. The van der Waals surface area contributed by atoms with Gasteiger partial charge in [0, 0.05) is 0 Å². The lowest BCUT2D eigenvalue weighted by Gasteiger charge is -2.06. The molecule has 0 aliphatic heterocycles. The number of carbonyl (C=O) groups is 1. The van der Waals surface area contributed by atoms with E-state index in [1.54, 1.807) is 56.7 Å². The Morgan fingerprint density at radius 1 is 1.24 bits per heavy atom. The summed E-state index contributed by atoms with van der Waals surface area (Å²) in [6, 6.07) is 10.5. The van der Waals surface area contributed by atoms with Gasteiger partial charge in [0.1, 0.15) is 23.0 Å². The molecule has 2 rings (SSSR count). The predicted molar refractivity (Wildman–Crippen MR) is 77.6 cm³/mol. The number of furan rings is 1. The Hall–Kier alpha value is -2.76. The van der Waals surface area contributed by atoms with Gasteiger partial charge in [0.2, 0.25) is 0 Å². The fourth-order valence-corrected chi connectivity index (χ4v) is 1.54. The first-order valence-electron chi connectivity index (χ1n) is 6.33. The summed E-state index contributed by atoms with van der Waals surface area (Å²) in [5.74, 6) is 1.56. The lowest BCUT2D eigenvalue weighted by molar-refractivity contribution is -0.123. The van der Waals surface area contributed by atoms with Crippen LogP contribution < -0.4 is 14.9 Å². The Kier molecular flexibility index (Phi) is 4.98. The molecular formula is C15H16N2O4. The average molecular weight is 288 g/mol. The highest BCUT2D eigenvalue weighted by atomic mass is 16.5. The second kappa shape index (κ2) is 7.14. The standard InChI is InChI=1S/C15H16N2O4/c1-11(14-4-3-9-20-14)16-17-15(18)10-21-13-7-5-12(19-2)6-8-13/h3-9H,10H2,1-2H3,(H,17,18). The number of hydrogen-bond donors (Lipinski definition) is 1. The lowest BCUT2D eigenvalue weighted by Crippen LogP contribution is -2.25. The molecule has 0 saturated heterocycles. The molecule has 21 heavy (non-hydrogen) atoms. The Labute approximate surface area is 122 Å². The molecule has 0 bridgehead atoms. The van der Waals surface area contributed by atoms with Crippen LogP contribution in [-0.4, -0.2) is 25.3 Å². The Balaban J connectivity index is 1.80. The van der Waals surface area contributed by atoms with Crippen LogP contribution in [0.2, 0.25) is 0 Å². The van der Waals surface area contributed by atoms with Crippen LogP contribution in [0.3, 0.4) is 0 Å². The summed E-state index contributed by atoms with van der Waals surface area (Å²) in [5, 5.41) is 3.93. The molecule has 0 saturated carbocycles. The molecule has 110 valence electrons. The second-order valence-corrected chi connectivity index (χ2v) is 4.17. The molecule has 1 N–H and O–H groups in total. The third kappa shape index (κ3) is 4.38. The van der Waals surface area contributed by atoms with Gasteiger partial charge in [-0.25, -0.2) is 5.43 Å². The predicted octanol–water partition coefficient (Wildman–Crippen LogP) is 2.21. The van der Waals surface area contributed by atoms with E-state index >= 15 is 0 Å². The van der Waals surface area contributed by atoms with Crippen molar-refractivity contribution in [2.75, 3.05) is 13.7 Å². The van der Waals surface area contributed by atoms with Gasteiger partial charge >= 0.3 is 0 Å². The summed E-state index contributed by atoms with van der Waals surface area (Å²) in [6.07, 6.45) is 1.54. The highest BCUT2D eigenvalue weighted by Gasteiger charge is 2.04. The maximum atomic E-state index is 11.6. The highest BCUT2D eigenvalue weighted by molar-refractivity contribution is 5.96. The molecule has 1 heterocycles. The number of nitrogens with zero attached hydrogens (tertiary/aromatic N) is 1. The van der Waals surface area contributed by atoms with E-state index in [9.17, 15) is 4.79 Å². The summed E-state index contributed by atoms with van der Waals surface area (Å²) in [5.41, 5.74) is 2.98. The quantitative estimate of drug-likeness (QED) is 0.653. The first kappa shape index (κ1) is 14.6. The fraction of sp³-hybridized carbons (Fsp3) is 0.200. The molecular weight excluding hydrogens is 272 g/mol. The third-order valence-corrected chi connectivity index (χ3v) is 2.66. The maximum absolute atomic E-state index is 11.6.